The Bertz CT molecular complexity index is 840. The van der Waals surface area contributed by atoms with E-state index in [-0.39, 0.29) is 28.6 Å². The van der Waals surface area contributed by atoms with Gasteiger partial charge in [0.25, 0.3) is 0 Å². The van der Waals surface area contributed by atoms with Gasteiger partial charge < -0.3 is 29.2 Å². The molecule has 0 bridgehead atoms. The molecule has 7 heteroatoms. The number of rotatable bonds is 7. The molecule has 0 amide bonds. The lowest BCUT2D eigenvalue weighted by molar-refractivity contribution is 0.104. The summed E-state index contributed by atoms with van der Waals surface area (Å²) in [7, 11) is 5.65. The van der Waals surface area contributed by atoms with E-state index in [0.717, 1.165) is 6.07 Å². The second-order valence-electron chi connectivity index (χ2n) is 5.17. The number of phenolic OH excluding ortho intramolecular Hbond substituents is 2. The van der Waals surface area contributed by atoms with Gasteiger partial charge in [0.05, 0.1) is 28.4 Å². The van der Waals surface area contributed by atoms with Crippen molar-refractivity contribution in [3.63, 3.8) is 0 Å². The third-order valence-corrected chi connectivity index (χ3v) is 3.70. The van der Waals surface area contributed by atoms with Crippen LogP contribution in [0.5, 0.6) is 34.5 Å². The van der Waals surface area contributed by atoms with Crippen LogP contribution in [0.2, 0.25) is 0 Å². The maximum Gasteiger partial charge on any atom is 0.201 e. The molecular weight excluding hydrogens is 340 g/mol. The molecule has 26 heavy (non-hydrogen) atoms. The zero-order valence-corrected chi connectivity index (χ0v) is 14.9. The van der Waals surface area contributed by atoms with Gasteiger partial charge in [-0.3, -0.25) is 4.79 Å². The summed E-state index contributed by atoms with van der Waals surface area (Å²) < 4.78 is 20.4. The lowest BCUT2D eigenvalue weighted by Crippen LogP contribution is -2.01. The van der Waals surface area contributed by atoms with E-state index in [2.05, 4.69) is 0 Å². The first kappa shape index (κ1) is 19.0. The van der Waals surface area contributed by atoms with E-state index in [9.17, 15) is 15.0 Å². The Balaban J connectivity index is 2.39. The van der Waals surface area contributed by atoms with Crippen molar-refractivity contribution in [2.24, 2.45) is 0 Å². The maximum atomic E-state index is 12.5. The molecule has 2 aromatic rings. The number of ether oxygens (including phenoxy) is 4. The summed E-state index contributed by atoms with van der Waals surface area (Å²) in [6.45, 7) is 0. The molecule has 0 saturated carbocycles. The van der Waals surface area contributed by atoms with Crippen molar-refractivity contribution in [3.8, 4) is 34.5 Å². The Morgan fingerprint density at radius 3 is 2.12 bits per heavy atom. The van der Waals surface area contributed by atoms with Gasteiger partial charge in [-0.1, -0.05) is 12.1 Å². The first-order chi connectivity index (χ1) is 12.5. The first-order valence-electron chi connectivity index (χ1n) is 7.58. The summed E-state index contributed by atoms with van der Waals surface area (Å²) in [5.41, 5.74) is 0.523. The number of carbonyl (C=O) groups is 1. The van der Waals surface area contributed by atoms with Gasteiger partial charge >= 0.3 is 0 Å². The Morgan fingerprint density at radius 2 is 1.54 bits per heavy atom. The van der Waals surface area contributed by atoms with Crippen molar-refractivity contribution in [1.29, 1.82) is 0 Å². The fourth-order valence-corrected chi connectivity index (χ4v) is 2.42. The minimum atomic E-state index is -0.549. The highest BCUT2D eigenvalue weighted by Gasteiger charge is 2.23. The number of allylic oxidation sites excluding steroid dienone is 1. The monoisotopic (exact) mass is 360 g/mol. The van der Waals surface area contributed by atoms with E-state index in [1.165, 1.54) is 34.5 Å². The van der Waals surface area contributed by atoms with Gasteiger partial charge in [0.15, 0.2) is 28.8 Å². The summed E-state index contributed by atoms with van der Waals surface area (Å²) in [6, 6.07) is 6.30. The fourth-order valence-electron chi connectivity index (χ4n) is 2.42. The highest BCUT2D eigenvalue weighted by atomic mass is 16.5. The molecule has 2 N–H and O–H groups in total. The topological polar surface area (TPSA) is 94.5 Å². The molecule has 0 atom stereocenters. The number of methoxy groups -OCH3 is 4. The van der Waals surface area contributed by atoms with Crippen molar-refractivity contribution >= 4 is 11.9 Å². The van der Waals surface area contributed by atoms with E-state index >= 15 is 0 Å². The average molecular weight is 360 g/mol. The van der Waals surface area contributed by atoms with E-state index in [1.807, 2.05) is 0 Å². The van der Waals surface area contributed by atoms with Crippen LogP contribution in [0.25, 0.3) is 6.08 Å². The maximum absolute atomic E-state index is 12.5. The van der Waals surface area contributed by atoms with Crippen molar-refractivity contribution in [2.45, 2.75) is 0 Å². The minimum absolute atomic E-state index is 0.000213. The molecule has 0 aliphatic heterocycles. The SMILES string of the molecule is COc1ccc(/C=C/C(=O)c2c(O)cc(OC)c(O)c2OC)cc1OC. The highest BCUT2D eigenvalue weighted by Crippen LogP contribution is 2.44. The van der Waals surface area contributed by atoms with E-state index in [1.54, 1.807) is 24.3 Å². The molecule has 0 unspecified atom stereocenters. The Morgan fingerprint density at radius 1 is 0.885 bits per heavy atom. The third kappa shape index (κ3) is 3.66. The summed E-state index contributed by atoms with van der Waals surface area (Å²) in [4.78, 5) is 12.5. The molecule has 0 heterocycles. The predicted molar refractivity (Wildman–Crippen MR) is 95.8 cm³/mol. The van der Waals surface area contributed by atoms with Gasteiger partial charge in [-0.15, -0.1) is 0 Å². The van der Waals surface area contributed by atoms with Crippen LogP contribution in [0.1, 0.15) is 15.9 Å². The quantitative estimate of drug-likeness (QED) is 0.445. The van der Waals surface area contributed by atoms with E-state index in [0.29, 0.717) is 17.1 Å². The largest absolute Gasteiger partial charge is 0.507 e. The third-order valence-electron chi connectivity index (χ3n) is 3.70. The van der Waals surface area contributed by atoms with E-state index in [4.69, 9.17) is 18.9 Å². The normalized spacial score (nSPS) is 10.6. The highest BCUT2D eigenvalue weighted by molar-refractivity contribution is 6.11. The molecule has 0 aromatic heterocycles. The van der Waals surface area contributed by atoms with E-state index < -0.39 is 5.78 Å². The lowest BCUT2D eigenvalue weighted by atomic mass is 10.0. The number of hydrogen-bond donors (Lipinski definition) is 2. The number of aromatic hydroxyl groups is 2. The molecule has 0 radical (unpaired) electrons. The van der Waals surface area contributed by atoms with Gasteiger partial charge in [-0.2, -0.15) is 0 Å². The Kier molecular flexibility index (Phi) is 5.95. The lowest BCUT2D eigenvalue weighted by Gasteiger charge is -2.13. The van der Waals surface area contributed by atoms with Crippen LogP contribution in [-0.2, 0) is 0 Å². The van der Waals surface area contributed by atoms with Crippen molar-refractivity contribution in [3.05, 3.63) is 41.5 Å². The molecule has 0 aliphatic rings. The van der Waals surface area contributed by atoms with Gasteiger partial charge in [-0.05, 0) is 23.8 Å². The summed E-state index contributed by atoms with van der Waals surface area (Å²) in [5, 5.41) is 20.2. The number of ketones is 1. The molecule has 7 nitrogen and oxygen atoms in total. The van der Waals surface area contributed by atoms with Gasteiger partial charge in [-0.25, -0.2) is 0 Å². The minimum Gasteiger partial charge on any atom is -0.507 e. The number of hydrogen-bond acceptors (Lipinski definition) is 7. The van der Waals surface area contributed by atoms with Gasteiger partial charge in [0.1, 0.15) is 11.3 Å². The van der Waals surface area contributed by atoms with Crippen molar-refractivity contribution in [2.75, 3.05) is 28.4 Å². The smallest absolute Gasteiger partial charge is 0.201 e. The molecule has 0 aliphatic carbocycles. The Hall–Kier alpha value is -3.35. The zero-order valence-electron chi connectivity index (χ0n) is 14.9. The molecule has 0 saturated heterocycles. The number of benzene rings is 2. The Labute approximate surface area is 151 Å². The van der Waals surface area contributed by atoms with Crippen molar-refractivity contribution < 1.29 is 34.0 Å². The second kappa shape index (κ2) is 8.15. The zero-order chi connectivity index (χ0) is 19.3. The van der Waals surface area contributed by atoms with Crippen LogP contribution in [0.3, 0.4) is 0 Å². The predicted octanol–water partition coefficient (Wildman–Crippen LogP) is 3.03. The first-order valence-corrected chi connectivity index (χ1v) is 7.58. The fraction of sp³-hybridized carbons (Fsp3) is 0.211. The molecule has 2 rings (SSSR count). The van der Waals surface area contributed by atoms with Crippen LogP contribution in [-0.4, -0.2) is 44.4 Å². The number of phenols is 2. The van der Waals surface area contributed by atoms with Gasteiger partial charge in [0.2, 0.25) is 5.75 Å². The molecule has 2 aromatic carbocycles. The second-order valence-corrected chi connectivity index (χ2v) is 5.17. The molecular formula is C19H20O7. The van der Waals surface area contributed by atoms with Crippen LogP contribution >= 0.6 is 0 Å². The summed E-state index contributed by atoms with van der Waals surface area (Å²) >= 11 is 0. The standard InChI is InChI=1S/C19H20O7/c1-23-14-8-6-11(9-15(14)24-2)5-7-12(20)17-13(21)10-16(25-3)18(22)19(17)26-4/h5-10,21-22H,1-4H3/b7-5+. The molecule has 0 fully saturated rings. The van der Waals surface area contributed by atoms with Crippen LogP contribution in [0.4, 0.5) is 0 Å². The van der Waals surface area contributed by atoms with Crippen LogP contribution in [0.15, 0.2) is 30.3 Å². The van der Waals surface area contributed by atoms with Gasteiger partial charge in [0, 0.05) is 6.07 Å². The van der Waals surface area contributed by atoms with Crippen LogP contribution < -0.4 is 18.9 Å². The molecule has 138 valence electrons. The number of carbonyl (C=O) groups excluding carboxylic acids is 1. The molecule has 0 spiro atoms. The van der Waals surface area contributed by atoms with Crippen LogP contribution in [0, 0.1) is 0 Å². The summed E-state index contributed by atoms with van der Waals surface area (Å²) in [5.74, 6) is -0.357. The average Bonchev–Trinajstić information content (AvgIpc) is 2.66. The van der Waals surface area contributed by atoms with Crippen molar-refractivity contribution in [1.82, 2.24) is 0 Å². The summed E-state index contributed by atoms with van der Waals surface area (Å²) in [6.07, 6.45) is 2.80.